The Hall–Kier alpha value is -1.04. The van der Waals surface area contributed by atoms with Gasteiger partial charge in [-0.3, -0.25) is 0 Å². The highest BCUT2D eigenvalue weighted by atomic mass is 19.4. The van der Waals surface area contributed by atoms with Crippen LogP contribution in [0.1, 0.15) is 6.42 Å². The van der Waals surface area contributed by atoms with Gasteiger partial charge in [0.25, 0.3) is 5.60 Å². The van der Waals surface area contributed by atoms with Gasteiger partial charge in [-0.25, -0.2) is 4.79 Å². The Labute approximate surface area is 71.8 Å². The maximum atomic E-state index is 12.3. The molecule has 0 radical (unpaired) electrons. The number of ether oxygens (including phenoxy) is 1. The van der Waals surface area contributed by atoms with Crippen molar-refractivity contribution in [2.75, 3.05) is 6.61 Å². The van der Waals surface area contributed by atoms with Gasteiger partial charge in [-0.2, -0.15) is 13.2 Å². The van der Waals surface area contributed by atoms with Crippen molar-refractivity contribution in [1.82, 2.24) is 0 Å². The molecule has 0 amide bonds. The maximum Gasteiger partial charge on any atom is 0.428 e. The molecule has 0 saturated heterocycles. The Morgan fingerprint density at radius 2 is 2.08 bits per heavy atom. The van der Waals surface area contributed by atoms with Gasteiger partial charge in [0.2, 0.25) is 0 Å². The second-order valence-corrected chi connectivity index (χ2v) is 2.62. The van der Waals surface area contributed by atoms with Gasteiger partial charge in [-0.05, 0) is 0 Å². The highest BCUT2D eigenvalue weighted by Crippen LogP contribution is 2.38. The average molecular weight is 196 g/mol. The number of alkyl halides is 3. The molecule has 0 aliphatic carbocycles. The second-order valence-electron chi connectivity index (χ2n) is 2.62. The summed E-state index contributed by atoms with van der Waals surface area (Å²) in [4.78, 5) is 10.4. The molecule has 1 aliphatic rings. The topological polar surface area (TPSA) is 46.5 Å². The Kier molecular flexibility index (Phi) is 2.34. The third-order valence-corrected chi connectivity index (χ3v) is 1.80. The SMILES string of the molecule is O=C(O)[C@@]1(C(F)(F)F)CC=CCO1. The molecule has 0 unspecified atom stereocenters. The van der Waals surface area contributed by atoms with Gasteiger partial charge in [-0.1, -0.05) is 12.2 Å². The summed E-state index contributed by atoms with van der Waals surface area (Å²) in [7, 11) is 0. The normalized spacial score (nSPS) is 28.8. The number of carboxylic acid groups (broad SMARTS) is 1. The summed E-state index contributed by atoms with van der Waals surface area (Å²) < 4.78 is 41.2. The van der Waals surface area contributed by atoms with Crippen LogP contribution in [0.4, 0.5) is 13.2 Å². The van der Waals surface area contributed by atoms with Crippen molar-refractivity contribution in [3.8, 4) is 0 Å². The van der Waals surface area contributed by atoms with Crippen molar-refractivity contribution in [3.63, 3.8) is 0 Å². The van der Waals surface area contributed by atoms with E-state index in [4.69, 9.17) is 5.11 Å². The van der Waals surface area contributed by atoms with Gasteiger partial charge in [0.05, 0.1) is 6.61 Å². The number of hydrogen-bond acceptors (Lipinski definition) is 2. The predicted molar refractivity (Wildman–Crippen MR) is 36.1 cm³/mol. The molecule has 0 saturated carbocycles. The third kappa shape index (κ3) is 1.53. The molecule has 74 valence electrons. The quantitative estimate of drug-likeness (QED) is 0.644. The van der Waals surface area contributed by atoms with Crippen LogP contribution in [0.25, 0.3) is 0 Å². The number of aliphatic carboxylic acids is 1. The summed E-state index contributed by atoms with van der Waals surface area (Å²) in [5, 5.41) is 8.45. The minimum Gasteiger partial charge on any atom is -0.479 e. The van der Waals surface area contributed by atoms with Crippen LogP contribution in [0.15, 0.2) is 12.2 Å². The lowest BCUT2D eigenvalue weighted by atomic mass is 9.97. The molecule has 1 atom stereocenters. The van der Waals surface area contributed by atoms with Crippen LogP contribution in [0, 0.1) is 0 Å². The zero-order valence-electron chi connectivity index (χ0n) is 6.47. The lowest BCUT2D eigenvalue weighted by Crippen LogP contribution is -2.54. The van der Waals surface area contributed by atoms with Crippen molar-refractivity contribution in [2.45, 2.75) is 18.2 Å². The molecule has 13 heavy (non-hydrogen) atoms. The molecule has 1 N–H and O–H groups in total. The van der Waals surface area contributed by atoms with Crippen LogP contribution in [0.5, 0.6) is 0 Å². The molecule has 0 spiro atoms. The van der Waals surface area contributed by atoms with Gasteiger partial charge in [0.15, 0.2) is 0 Å². The van der Waals surface area contributed by atoms with E-state index in [9.17, 15) is 18.0 Å². The van der Waals surface area contributed by atoms with Crippen LogP contribution in [0.3, 0.4) is 0 Å². The molecule has 0 fully saturated rings. The van der Waals surface area contributed by atoms with Gasteiger partial charge < -0.3 is 9.84 Å². The average Bonchev–Trinajstić information content (AvgIpc) is 2.03. The summed E-state index contributed by atoms with van der Waals surface area (Å²) in [6.45, 7) is -0.328. The number of halogens is 3. The van der Waals surface area contributed by atoms with Crippen molar-refractivity contribution in [1.29, 1.82) is 0 Å². The molecule has 1 aliphatic heterocycles. The Morgan fingerprint density at radius 1 is 1.46 bits per heavy atom. The number of rotatable bonds is 1. The first kappa shape index (κ1) is 10.0. The zero-order valence-corrected chi connectivity index (χ0v) is 6.47. The summed E-state index contributed by atoms with van der Waals surface area (Å²) >= 11 is 0. The van der Waals surface area contributed by atoms with E-state index in [1.807, 2.05) is 0 Å². The van der Waals surface area contributed by atoms with Crippen molar-refractivity contribution in [2.24, 2.45) is 0 Å². The fourth-order valence-electron chi connectivity index (χ4n) is 1.03. The first-order valence-electron chi connectivity index (χ1n) is 3.49. The molecule has 1 heterocycles. The van der Waals surface area contributed by atoms with Gasteiger partial charge in [0, 0.05) is 6.42 Å². The molecular formula is C7H7F3O3. The van der Waals surface area contributed by atoms with E-state index in [2.05, 4.69) is 4.74 Å². The van der Waals surface area contributed by atoms with E-state index in [1.54, 1.807) is 0 Å². The number of hydrogen-bond donors (Lipinski definition) is 1. The standard InChI is InChI=1S/C7H7F3O3/c8-7(9,10)6(5(11)12)3-1-2-4-13-6/h1-2H,3-4H2,(H,11,12)/t6-/m1/s1. The molecule has 0 aromatic rings. The van der Waals surface area contributed by atoms with Crippen LogP contribution in [-0.2, 0) is 9.53 Å². The highest BCUT2D eigenvalue weighted by Gasteiger charge is 2.62. The minimum absolute atomic E-state index is 0.328. The van der Waals surface area contributed by atoms with E-state index < -0.39 is 24.2 Å². The fourth-order valence-corrected chi connectivity index (χ4v) is 1.03. The minimum atomic E-state index is -4.89. The first-order valence-corrected chi connectivity index (χ1v) is 3.49. The molecule has 3 nitrogen and oxygen atoms in total. The lowest BCUT2D eigenvalue weighted by molar-refractivity contribution is -0.273. The fraction of sp³-hybridized carbons (Fsp3) is 0.571. The molecular weight excluding hydrogens is 189 g/mol. The van der Waals surface area contributed by atoms with Crippen LogP contribution in [0.2, 0.25) is 0 Å². The summed E-state index contributed by atoms with van der Waals surface area (Å²) in [5.74, 6) is -2.00. The summed E-state index contributed by atoms with van der Waals surface area (Å²) in [6, 6.07) is 0. The first-order chi connectivity index (χ1) is 5.90. The predicted octanol–water partition coefficient (Wildman–Crippen LogP) is 1.35. The van der Waals surface area contributed by atoms with E-state index in [1.165, 1.54) is 6.08 Å². The summed E-state index contributed by atoms with van der Waals surface area (Å²) in [5.41, 5.74) is -3.05. The molecule has 1 rings (SSSR count). The summed E-state index contributed by atoms with van der Waals surface area (Å²) in [6.07, 6.45) is -3.05. The van der Waals surface area contributed by atoms with Crippen LogP contribution >= 0.6 is 0 Å². The molecule has 0 bridgehead atoms. The van der Waals surface area contributed by atoms with E-state index in [0.29, 0.717) is 0 Å². The highest BCUT2D eigenvalue weighted by molar-refractivity contribution is 5.79. The van der Waals surface area contributed by atoms with Crippen molar-refractivity contribution < 1.29 is 27.8 Å². The zero-order chi connectivity index (χ0) is 10.1. The van der Waals surface area contributed by atoms with Gasteiger partial charge in [-0.15, -0.1) is 0 Å². The smallest absolute Gasteiger partial charge is 0.428 e. The number of carbonyl (C=O) groups is 1. The second kappa shape index (κ2) is 3.02. The van der Waals surface area contributed by atoms with Crippen molar-refractivity contribution in [3.05, 3.63) is 12.2 Å². The van der Waals surface area contributed by atoms with Crippen molar-refractivity contribution >= 4 is 5.97 Å². The largest absolute Gasteiger partial charge is 0.479 e. The maximum absolute atomic E-state index is 12.3. The number of carboxylic acids is 1. The molecule has 0 aromatic heterocycles. The lowest BCUT2D eigenvalue weighted by Gasteiger charge is -2.32. The Bertz CT molecular complexity index is 246. The van der Waals surface area contributed by atoms with E-state index in [0.717, 1.165) is 6.08 Å². The molecule has 6 heteroatoms. The Balaban J connectivity index is 3.01. The monoisotopic (exact) mass is 196 g/mol. The third-order valence-electron chi connectivity index (χ3n) is 1.80. The van der Waals surface area contributed by atoms with Crippen LogP contribution < -0.4 is 0 Å². The molecule has 0 aromatic carbocycles. The van der Waals surface area contributed by atoms with E-state index >= 15 is 0 Å². The van der Waals surface area contributed by atoms with Crippen LogP contribution in [-0.4, -0.2) is 29.5 Å². The van der Waals surface area contributed by atoms with Gasteiger partial charge >= 0.3 is 12.1 Å². The van der Waals surface area contributed by atoms with Gasteiger partial charge in [0.1, 0.15) is 0 Å². The van der Waals surface area contributed by atoms with E-state index in [-0.39, 0.29) is 6.61 Å². The Morgan fingerprint density at radius 3 is 2.31 bits per heavy atom.